The van der Waals surface area contributed by atoms with Crippen LogP contribution in [-0.4, -0.2) is 49.6 Å². The highest BCUT2D eigenvalue weighted by atomic mass is 16.6. The SMILES string of the molecule is CCN(C)C(=O)[C@@H](C)NC(=O)c1ccc2c(c1)OCCO2. The summed E-state index contributed by atoms with van der Waals surface area (Å²) in [5.74, 6) is 0.756. The molecule has 0 saturated carbocycles. The maximum Gasteiger partial charge on any atom is 0.252 e. The van der Waals surface area contributed by atoms with E-state index in [2.05, 4.69) is 5.32 Å². The lowest BCUT2D eigenvalue weighted by Crippen LogP contribution is -2.45. The van der Waals surface area contributed by atoms with E-state index in [0.717, 1.165) is 0 Å². The number of fused-ring (bicyclic) bond motifs is 1. The normalized spacial score (nSPS) is 14.2. The van der Waals surface area contributed by atoms with Gasteiger partial charge >= 0.3 is 0 Å². The maximum atomic E-state index is 12.2. The Bertz CT molecular complexity index is 544. The van der Waals surface area contributed by atoms with Gasteiger partial charge in [-0.25, -0.2) is 0 Å². The number of carbonyl (C=O) groups is 2. The summed E-state index contributed by atoms with van der Waals surface area (Å²) < 4.78 is 10.8. The van der Waals surface area contributed by atoms with Gasteiger partial charge in [-0.05, 0) is 32.0 Å². The smallest absolute Gasteiger partial charge is 0.252 e. The molecule has 1 aliphatic heterocycles. The Kier molecular flexibility index (Phi) is 4.67. The fraction of sp³-hybridized carbons (Fsp3) is 0.467. The summed E-state index contributed by atoms with van der Waals surface area (Å²) >= 11 is 0. The van der Waals surface area contributed by atoms with E-state index in [1.807, 2.05) is 6.92 Å². The van der Waals surface area contributed by atoms with Crippen LogP contribution in [-0.2, 0) is 4.79 Å². The highest BCUT2D eigenvalue weighted by molar-refractivity contribution is 5.97. The van der Waals surface area contributed by atoms with Crippen LogP contribution >= 0.6 is 0 Å². The minimum atomic E-state index is -0.573. The van der Waals surface area contributed by atoms with Crippen molar-refractivity contribution in [2.24, 2.45) is 0 Å². The van der Waals surface area contributed by atoms with Gasteiger partial charge in [0.2, 0.25) is 5.91 Å². The molecule has 1 aromatic carbocycles. The lowest BCUT2D eigenvalue weighted by atomic mass is 10.1. The van der Waals surface area contributed by atoms with Gasteiger partial charge in [0.05, 0.1) is 0 Å². The van der Waals surface area contributed by atoms with Crippen molar-refractivity contribution in [3.05, 3.63) is 23.8 Å². The van der Waals surface area contributed by atoms with E-state index in [0.29, 0.717) is 36.8 Å². The molecule has 114 valence electrons. The summed E-state index contributed by atoms with van der Waals surface area (Å²) in [6.07, 6.45) is 0. The zero-order valence-corrected chi connectivity index (χ0v) is 12.5. The van der Waals surface area contributed by atoms with Gasteiger partial charge in [0.15, 0.2) is 11.5 Å². The molecular weight excluding hydrogens is 272 g/mol. The first-order valence-corrected chi connectivity index (χ1v) is 6.98. The molecule has 0 spiro atoms. The number of hydrogen-bond donors (Lipinski definition) is 1. The highest BCUT2D eigenvalue weighted by Gasteiger charge is 2.20. The highest BCUT2D eigenvalue weighted by Crippen LogP contribution is 2.30. The second-order valence-electron chi connectivity index (χ2n) is 4.91. The number of carbonyl (C=O) groups excluding carboxylic acids is 2. The second-order valence-corrected chi connectivity index (χ2v) is 4.91. The van der Waals surface area contributed by atoms with Crippen molar-refractivity contribution in [3.8, 4) is 11.5 Å². The van der Waals surface area contributed by atoms with Gasteiger partial charge in [0.25, 0.3) is 5.91 Å². The lowest BCUT2D eigenvalue weighted by molar-refractivity contribution is -0.131. The van der Waals surface area contributed by atoms with E-state index < -0.39 is 6.04 Å². The van der Waals surface area contributed by atoms with E-state index in [4.69, 9.17) is 9.47 Å². The Morgan fingerprint density at radius 2 is 1.95 bits per heavy atom. The zero-order chi connectivity index (χ0) is 15.4. The first-order valence-electron chi connectivity index (χ1n) is 6.98. The summed E-state index contributed by atoms with van der Waals surface area (Å²) in [6, 6.07) is 4.41. The van der Waals surface area contributed by atoms with Crippen LogP contribution in [0.25, 0.3) is 0 Å². The van der Waals surface area contributed by atoms with Gasteiger partial charge in [0, 0.05) is 19.2 Å². The number of amides is 2. The predicted molar refractivity (Wildman–Crippen MR) is 77.7 cm³/mol. The van der Waals surface area contributed by atoms with Gasteiger partial charge in [-0.15, -0.1) is 0 Å². The molecule has 6 heteroatoms. The molecule has 2 rings (SSSR count). The number of ether oxygens (including phenoxy) is 2. The van der Waals surface area contributed by atoms with Crippen molar-refractivity contribution >= 4 is 11.8 Å². The van der Waals surface area contributed by atoms with Crippen LogP contribution in [0.2, 0.25) is 0 Å². The second kappa shape index (κ2) is 6.47. The Labute approximate surface area is 124 Å². The molecule has 0 fully saturated rings. The van der Waals surface area contributed by atoms with Crippen LogP contribution < -0.4 is 14.8 Å². The topological polar surface area (TPSA) is 67.9 Å². The van der Waals surface area contributed by atoms with E-state index >= 15 is 0 Å². The molecule has 6 nitrogen and oxygen atoms in total. The van der Waals surface area contributed by atoms with Crippen molar-refractivity contribution < 1.29 is 19.1 Å². The van der Waals surface area contributed by atoms with E-state index in [9.17, 15) is 9.59 Å². The first kappa shape index (κ1) is 15.2. The Balaban J connectivity index is 2.05. The Morgan fingerprint density at radius 1 is 1.29 bits per heavy atom. The number of nitrogens with one attached hydrogen (secondary N) is 1. The van der Waals surface area contributed by atoms with Crippen LogP contribution in [0.5, 0.6) is 11.5 Å². The van der Waals surface area contributed by atoms with Crippen LogP contribution in [0, 0.1) is 0 Å². The maximum absolute atomic E-state index is 12.2. The van der Waals surface area contributed by atoms with E-state index in [-0.39, 0.29) is 11.8 Å². The fourth-order valence-electron chi connectivity index (χ4n) is 2.01. The average Bonchev–Trinajstić information content (AvgIpc) is 2.52. The van der Waals surface area contributed by atoms with Crippen LogP contribution in [0.3, 0.4) is 0 Å². The summed E-state index contributed by atoms with van der Waals surface area (Å²) in [5.41, 5.74) is 0.443. The van der Waals surface area contributed by atoms with Crippen LogP contribution in [0.15, 0.2) is 18.2 Å². The van der Waals surface area contributed by atoms with Crippen molar-refractivity contribution in [1.82, 2.24) is 10.2 Å². The molecule has 1 aliphatic rings. The molecule has 1 N–H and O–H groups in total. The summed E-state index contributed by atoms with van der Waals surface area (Å²) in [7, 11) is 1.70. The molecule has 1 heterocycles. The monoisotopic (exact) mass is 292 g/mol. The van der Waals surface area contributed by atoms with E-state index in [1.165, 1.54) is 0 Å². The van der Waals surface area contributed by atoms with Gasteiger partial charge in [-0.3, -0.25) is 9.59 Å². The molecule has 0 aromatic heterocycles. The number of nitrogens with zero attached hydrogens (tertiary/aromatic N) is 1. The summed E-state index contributed by atoms with van der Waals surface area (Å²) in [4.78, 5) is 25.7. The molecule has 2 amide bonds. The molecule has 21 heavy (non-hydrogen) atoms. The first-order chi connectivity index (χ1) is 10.0. The lowest BCUT2D eigenvalue weighted by Gasteiger charge is -2.21. The number of rotatable bonds is 4. The molecule has 0 saturated heterocycles. The third-order valence-corrected chi connectivity index (χ3v) is 3.37. The number of benzene rings is 1. The predicted octanol–water partition coefficient (Wildman–Crippen LogP) is 1.05. The Morgan fingerprint density at radius 3 is 2.62 bits per heavy atom. The van der Waals surface area contributed by atoms with Gasteiger partial charge in [0.1, 0.15) is 19.3 Å². The standard InChI is InChI=1S/C15H20N2O4/c1-4-17(3)15(19)10(2)16-14(18)11-5-6-12-13(9-11)21-8-7-20-12/h5-6,9-10H,4,7-8H2,1-3H3,(H,16,18)/t10-/m1/s1. The minimum absolute atomic E-state index is 0.122. The van der Waals surface area contributed by atoms with Gasteiger partial charge < -0.3 is 19.7 Å². The molecular formula is C15H20N2O4. The van der Waals surface area contributed by atoms with Crippen LogP contribution in [0.4, 0.5) is 0 Å². The quantitative estimate of drug-likeness (QED) is 0.901. The minimum Gasteiger partial charge on any atom is -0.486 e. The van der Waals surface area contributed by atoms with Gasteiger partial charge in [-0.2, -0.15) is 0 Å². The molecule has 1 aromatic rings. The third kappa shape index (κ3) is 3.45. The Hall–Kier alpha value is -2.24. The average molecular weight is 292 g/mol. The molecule has 0 aliphatic carbocycles. The largest absolute Gasteiger partial charge is 0.486 e. The summed E-state index contributed by atoms with van der Waals surface area (Å²) in [5, 5.41) is 2.69. The fourth-order valence-corrected chi connectivity index (χ4v) is 2.01. The molecule has 0 unspecified atom stereocenters. The van der Waals surface area contributed by atoms with Crippen molar-refractivity contribution in [1.29, 1.82) is 0 Å². The van der Waals surface area contributed by atoms with Crippen molar-refractivity contribution in [3.63, 3.8) is 0 Å². The molecule has 0 bridgehead atoms. The van der Waals surface area contributed by atoms with Crippen molar-refractivity contribution in [2.45, 2.75) is 19.9 Å². The van der Waals surface area contributed by atoms with Crippen LogP contribution in [0.1, 0.15) is 24.2 Å². The van der Waals surface area contributed by atoms with Crippen molar-refractivity contribution in [2.75, 3.05) is 26.8 Å². The molecule has 1 atom stereocenters. The number of likely N-dealkylation sites (N-methyl/N-ethyl adjacent to an activating group) is 1. The third-order valence-electron chi connectivity index (χ3n) is 3.37. The van der Waals surface area contributed by atoms with E-state index in [1.54, 1.807) is 37.1 Å². The number of hydrogen-bond acceptors (Lipinski definition) is 4. The molecule has 0 radical (unpaired) electrons. The van der Waals surface area contributed by atoms with Gasteiger partial charge in [-0.1, -0.05) is 0 Å². The zero-order valence-electron chi connectivity index (χ0n) is 12.5. The summed E-state index contributed by atoms with van der Waals surface area (Å²) in [6.45, 7) is 5.13.